The maximum absolute atomic E-state index is 14.6. The molecule has 3 aliphatic heterocycles. The Morgan fingerprint density at radius 3 is 2.61 bits per heavy atom. The second-order valence-electron chi connectivity index (χ2n) is 10.8. The minimum absolute atomic E-state index is 0.0734. The number of hydrogen-bond donors (Lipinski definition) is 2. The summed E-state index contributed by atoms with van der Waals surface area (Å²) in [6, 6.07) is 8.79. The number of hydroxylamine groups is 1. The molecule has 3 aliphatic rings. The van der Waals surface area contributed by atoms with Gasteiger partial charge in [0.1, 0.15) is 29.5 Å². The third-order valence-corrected chi connectivity index (χ3v) is 8.21. The Hall–Kier alpha value is -4.33. The standard InChI is InChI=1S/C31H35F2N7O4/c1-3-30(41)37-23-15-24(27(42-2)16-26(23)39-9-7-20(18-39)38-10-13-43-14-11-38)36-28-17-29(35-19-34-28)40-25(8-12-44-40)31-21(32)5-4-6-22(31)33/h3-6,15-17,19-20,25H,1,7-14,18H2,2H3,(H,37,41)(H,34,35,36)/t20-,25-/m0/s1. The number of amides is 1. The number of benzene rings is 2. The third kappa shape index (κ3) is 6.16. The topological polar surface area (TPSA) is 104 Å². The normalized spacial score (nSPS) is 20.5. The highest BCUT2D eigenvalue weighted by molar-refractivity contribution is 6.02. The lowest BCUT2D eigenvalue weighted by molar-refractivity contribution is -0.111. The lowest BCUT2D eigenvalue weighted by Gasteiger charge is -2.32. The fourth-order valence-electron chi connectivity index (χ4n) is 6.04. The Bertz CT molecular complexity index is 1500. The Kier molecular flexibility index (Phi) is 8.87. The number of nitrogens with one attached hydrogen (secondary N) is 2. The molecule has 13 heteroatoms. The molecule has 2 aromatic carbocycles. The summed E-state index contributed by atoms with van der Waals surface area (Å²) in [5.74, 6) is -0.380. The van der Waals surface area contributed by atoms with Crippen molar-refractivity contribution in [2.45, 2.75) is 24.9 Å². The molecule has 0 radical (unpaired) electrons. The van der Waals surface area contributed by atoms with Crippen LogP contribution in [0.1, 0.15) is 24.4 Å². The van der Waals surface area contributed by atoms with Gasteiger partial charge in [-0.1, -0.05) is 12.6 Å². The summed E-state index contributed by atoms with van der Waals surface area (Å²) in [5.41, 5.74) is 1.90. The number of anilines is 5. The average Bonchev–Trinajstić information content (AvgIpc) is 3.73. The third-order valence-electron chi connectivity index (χ3n) is 8.21. The van der Waals surface area contributed by atoms with Crippen LogP contribution in [0.4, 0.5) is 37.5 Å². The molecule has 0 aliphatic carbocycles. The Labute approximate surface area is 254 Å². The monoisotopic (exact) mass is 607 g/mol. The van der Waals surface area contributed by atoms with E-state index < -0.39 is 17.7 Å². The molecule has 0 bridgehead atoms. The molecule has 3 saturated heterocycles. The van der Waals surface area contributed by atoms with Crippen LogP contribution in [-0.2, 0) is 14.4 Å². The summed E-state index contributed by atoms with van der Waals surface area (Å²) >= 11 is 0. The number of morpholine rings is 1. The van der Waals surface area contributed by atoms with E-state index in [1.807, 2.05) is 6.07 Å². The molecule has 11 nitrogen and oxygen atoms in total. The fraction of sp³-hybridized carbons (Fsp3) is 0.387. The first-order valence-electron chi connectivity index (χ1n) is 14.6. The van der Waals surface area contributed by atoms with Crippen molar-refractivity contribution in [2.75, 3.05) is 73.7 Å². The van der Waals surface area contributed by atoms with Gasteiger partial charge >= 0.3 is 0 Å². The molecule has 0 unspecified atom stereocenters. The summed E-state index contributed by atoms with van der Waals surface area (Å²) in [5, 5.41) is 7.60. The molecule has 4 heterocycles. The van der Waals surface area contributed by atoms with Gasteiger partial charge in [0, 0.05) is 56.3 Å². The number of hydrogen-bond acceptors (Lipinski definition) is 10. The summed E-state index contributed by atoms with van der Waals surface area (Å²) < 4.78 is 40.5. The first kappa shape index (κ1) is 29.7. The molecule has 2 N–H and O–H groups in total. The number of ether oxygens (including phenoxy) is 2. The van der Waals surface area contributed by atoms with Crippen LogP contribution in [0.5, 0.6) is 5.75 Å². The molecule has 6 rings (SSSR count). The average molecular weight is 608 g/mol. The quantitative estimate of drug-likeness (QED) is 0.340. The van der Waals surface area contributed by atoms with E-state index in [1.54, 1.807) is 19.2 Å². The SMILES string of the molecule is C=CC(=O)Nc1cc(Nc2cc(N3OCC[C@H]3c3c(F)cccc3F)ncn2)c(OC)cc1N1CC[C@H](N2CCOCC2)C1. The van der Waals surface area contributed by atoms with E-state index in [2.05, 4.69) is 37.0 Å². The predicted molar refractivity (Wildman–Crippen MR) is 162 cm³/mol. The van der Waals surface area contributed by atoms with Crippen molar-refractivity contribution in [1.82, 2.24) is 14.9 Å². The van der Waals surface area contributed by atoms with Crippen LogP contribution in [0.25, 0.3) is 0 Å². The van der Waals surface area contributed by atoms with Crippen LogP contribution in [0.2, 0.25) is 0 Å². The zero-order valence-corrected chi connectivity index (χ0v) is 24.5. The van der Waals surface area contributed by atoms with Crippen LogP contribution in [0.15, 0.2) is 55.4 Å². The second kappa shape index (κ2) is 13.1. The van der Waals surface area contributed by atoms with Crippen molar-refractivity contribution in [3.63, 3.8) is 0 Å². The number of aromatic nitrogens is 2. The Morgan fingerprint density at radius 2 is 1.86 bits per heavy atom. The largest absolute Gasteiger partial charge is 0.494 e. The molecular weight excluding hydrogens is 572 g/mol. The molecule has 0 spiro atoms. The van der Waals surface area contributed by atoms with E-state index in [1.165, 1.54) is 35.7 Å². The smallest absolute Gasteiger partial charge is 0.247 e. The van der Waals surface area contributed by atoms with Crippen molar-refractivity contribution < 1.29 is 27.9 Å². The predicted octanol–water partition coefficient (Wildman–Crippen LogP) is 4.43. The van der Waals surface area contributed by atoms with E-state index in [9.17, 15) is 13.6 Å². The Balaban J connectivity index is 1.27. The summed E-state index contributed by atoms with van der Waals surface area (Å²) in [6.07, 6.45) is 3.95. The summed E-state index contributed by atoms with van der Waals surface area (Å²) in [6.45, 7) is 8.79. The van der Waals surface area contributed by atoms with Gasteiger partial charge in [0.05, 0.1) is 50.0 Å². The summed E-state index contributed by atoms with van der Waals surface area (Å²) in [4.78, 5) is 31.6. The highest BCUT2D eigenvalue weighted by Crippen LogP contribution is 2.41. The molecule has 1 amide bonds. The van der Waals surface area contributed by atoms with Crippen LogP contribution in [0, 0.1) is 11.6 Å². The lowest BCUT2D eigenvalue weighted by atomic mass is 10.0. The van der Waals surface area contributed by atoms with Gasteiger partial charge in [0.25, 0.3) is 0 Å². The molecule has 2 atom stereocenters. The molecule has 3 fully saturated rings. The van der Waals surface area contributed by atoms with Gasteiger partial charge in [-0.05, 0) is 30.7 Å². The van der Waals surface area contributed by atoms with Crippen LogP contribution < -0.4 is 25.3 Å². The minimum Gasteiger partial charge on any atom is -0.494 e. The maximum atomic E-state index is 14.6. The highest BCUT2D eigenvalue weighted by atomic mass is 19.1. The van der Waals surface area contributed by atoms with Gasteiger partial charge in [-0.3, -0.25) is 14.5 Å². The van der Waals surface area contributed by atoms with Gasteiger partial charge in [-0.25, -0.2) is 23.8 Å². The number of rotatable bonds is 9. The van der Waals surface area contributed by atoms with Crippen molar-refractivity contribution in [2.24, 2.45) is 0 Å². The molecule has 1 aromatic heterocycles. The van der Waals surface area contributed by atoms with Crippen molar-refractivity contribution >= 4 is 34.6 Å². The van der Waals surface area contributed by atoms with Gasteiger partial charge < -0.3 is 25.0 Å². The molecule has 232 valence electrons. The van der Waals surface area contributed by atoms with Gasteiger partial charge in [-0.2, -0.15) is 0 Å². The fourth-order valence-corrected chi connectivity index (χ4v) is 6.04. The van der Waals surface area contributed by atoms with Crippen LogP contribution in [-0.4, -0.2) is 79.9 Å². The van der Waals surface area contributed by atoms with E-state index in [-0.39, 0.29) is 18.1 Å². The van der Waals surface area contributed by atoms with Crippen molar-refractivity contribution in [3.05, 3.63) is 72.6 Å². The van der Waals surface area contributed by atoms with Crippen LogP contribution >= 0.6 is 0 Å². The van der Waals surface area contributed by atoms with Gasteiger partial charge in [0.2, 0.25) is 5.91 Å². The number of halogens is 2. The van der Waals surface area contributed by atoms with Crippen LogP contribution in [0.3, 0.4) is 0 Å². The molecule has 44 heavy (non-hydrogen) atoms. The first-order valence-corrected chi connectivity index (χ1v) is 14.6. The van der Waals surface area contributed by atoms with Crippen molar-refractivity contribution in [3.8, 4) is 5.75 Å². The van der Waals surface area contributed by atoms with Gasteiger partial charge in [0.15, 0.2) is 5.82 Å². The zero-order valence-electron chi connectivity index (χ0n) is 24.5. The molecule has 3 aromatic rings. The van der Waals surface area contributed by atoms with Gasteiger partial charge in [-0.15, -0.1) is 0 Å². The number of carbonyl (C=O) groups is 1. The molecular formula is C31H35F2N7O4. The second-order valence-corrected chi connectivity index (χ2v) is 10.8. The molecule has 0 saturated carbocycles. The maximum Gasteiger partial charge on any atom is 0.247 e. The van der Waals surface area contributed by atoms with E-state index in [4.69, 9.17) is 14.3 Å². The van der Waals surface area contributed by atoms with Crippen molar-refractivity contribution in [1.29, 1.82) is 0 Å². The minimum atomic E-state index is -0.699. The van der Waals surface area contributed by atoms with E-state index >= 15 is 0 Å². The Morgan fingerprint density at radius 1 is 1.07 bits per heavy atom. The number of carbonyl (C=O) groups excluding carboxylic acids is 1. The van der Waals surface area contributed by atoms with E-state index in [0.717, 1.165) is 51.5 Å². The highest BCUT2D eigenvalue weighted by Gasteiger charge is 2.34. The summed E-state index contributed by atoms with van der Waals surface area (Å²) in [7, 11) is 1.57. The zero-order chi connectivity index (χ0) is 30.6. The number of methoxy groups -OCH3 is 1. The van der Waals surface area contributed by atoms with E-state index in [0.29, 0.717) is 41.2 Å². The first-order chi connectivity index (χ1) is 21.4. The number of nitrogens with zero attached hydrogens (tertiary/aromatic N) is 5. The lowest BCUT2D eigenvalue weighted by Crippen LogP contribution is -2.44.